The molecule has 0 bridgehead atoms. The SMILES string of the molecule is Cc1cccc(CC(=O)N2CCc3cc(-c4cccc5c4cnn5C)ccc32)c1. The lowest BCUT2D eigenvalue weighted by Crippen LogP contribution is -2.30. The predicted molar refractivity (Wildman–Crippen MR) is 117 cm³/mol. The van der Waals surface area contributed by atoms with Crippen LogP contribution in [0.4, 0.5) is 5.69 Å². The molecule has 29 heavy (non-hydrogen) atoms. The minimum atomic E-state index is 0.163. The van der Waals surface area contributed by atoms with Crippen LogP contribution in [-0.2, 0) is 24.7 Å². The Hall–Kier alpha value is -3.40. The second kappa shape index (κ2) is 6.89. The van der Waals surface area contributed by atoms with Crippen LogP contribution in [-0.4, -0.2) is 22.2 Å². The number of amides is 1. The van der Waals surface area contributed by atoms with Gasteiger partial charge >= 0.3 is 0 Å². The molecule has 1 amide bonds. The standard InChI is InChI=1S/C25H23N3O/c1-17-5-3-6-18(13-17)14-25(29)28-12-11-20-15-19(9-10-23(20)28)21-7-4-8-24-22(21)16-26-27(24)2/h3-10,13,15-16H,11-12,14H2,1-2H3. The molecule has 0 saturated heterocycles. The summed E-state index contributed by atoms with van der Waals surface area (Å²) >= 11 is 0. The van der Waals surface area contributed by atoms with Crippen molar-refractivity contribution in [1.82, 2.24) is 9.78 Å². The Morgan fingerprint density at radius 2 is 1.93 bits per heavy atom. The molecule has 2 heterocycles. The number of fused-ring (bicyclic) bond motifs is 2. The Morgan fingerprint density at radius 1 is 1.07 bits per heavy atom. The summed E-state index contributed by atoms with van der Waals surface area (Å²) in [5.74, 6) is 0.163. The first-order valence-corrected chi connectivity index (χ1v) is 10.00. The summed E-state index contributed by atoms with van der Waals surface area (Å²) in [6.07, 6.45) is 3.26. The highest BCUT2D eigenvalue weighted by Crippen LogP contribution is 2.35. The van der Waals surface area contributed by atoms with Crippen LogP contribution in [0.2, 0.25) is 0 Å². The average molecular weight is 381 g/mol. The van der Waals surface area contributed by atoms with Crippen molar-refractivity contribution in [2.24, 2.45) is 7.05 Å². The van der Waals surface area contributed by atoms with E-state index in [4.69, 9.17) is 0 Å². The number of hydrogen-bond donors (Lipinski definition) is 0. The third-order valence-corrected chi connectivity index (χ3v) is 5.82. The minimum absolute atomic E-state index is 0.163. The van der Waals surface area contributed by atoms with E-state index in [-0.39, 0.29) is 5.91 Å². The van der Waals surface area contributed by atoms with Gasteiger partial charge in [-0.15, -0.1) is 0 Å². The van der Waals surface area contributed by atoms with Crippen LogP contribution in [0.5, 0.6) is 0 Å². The molecule has 0 atom stereocenters. The highest BCUT2D eigenvalue weighted by atomic mass is 16.2. The van der Waals surface area contributed by atoms with Gasteiger partial charge in [-0.3, -0.25) is 9.48 Å². The average Bonchev–Trinajstić information content (AvgIpc) is 3.31. The molecule has 1 aliphatic heterocycles. The van der Waals surface area contributed by atoms with E-state index in [2.05, 4.69) is 60.6 Å². The Labute approximate surface area is 170 Å². The first-order valence-electron chi connectivity index (χ1n) is 10.00. The maximum Gasteiger partial charge on any atom is 0.231 e. The third-order valence-electron chi connectivity index (χ3n) is 5.82. The Morgan fingerprint density at radius 3 is 2.79 bits per heavy atom. The molecule has 144 valence electrons. The number of rotatable bonds is 3. The normalized spacial score (nSPS) is 13.1. The molecular formula is C25H23N3O. The minimum Gasteiger partial charge on any atom is -0.312 e. The second-order valence-electron chi connectivity index (χ2n) is 7.81. The molecule has 3 aromatic carbocycles. The van der Waals surface area contributed by atoms with Crippen LogP contribution in [0, 0.1) is 6.92 Å². The van der Waals surface area contributed by atoms with Crippen molar-refractivity contribution in [3.63, 3.8) is 0 Å². The molecule has 0 unspecified atom stereocenters. The van der Waals surface area contributed by atoms with E-state index in [1.54, 1.807) is 0 Å². The van der Waals surface area contributed by atoms with Crippen molar-refractivity contribution in [2.75, 3.05) is 11.4 Å². The van der Waals surface area contributed by atoms with Gasteiger partial charge in [0.1, 0.15) is 0 Å². The zero-order valence-corrected chi connectivity index (χ0v) is 16.7. The Balaban J connectivity index is 1.45. The number of carbonyl (C=O) groups excluding carboxylic acids is 1. The zero-order chi connectivity index (χ0) is 20.0. The van der Waals surface area contributed by atoms with Crippen LogP contribution in [0.25, 0.3) is 22.0 Å². The van der Waals surface area contributed by atoms with Gasteiger partial charge in [0.25, 0.3) is 0 Å². The Bertz CT molecular complexity index is 1240. The summed E-state index contributed by atoms with van der Waals surface area (Å²) in [5, 5.41) is 5.55. The number of carbonyl (C=O) groups is 1. The molecule has 0 saturated carbocycles. The number of nitrogens with zero attached hydrogens (tertiary/aromatic N) is 3. The maximum atomic E-state index is 12.9. The quantitative estimate of drug-likeness (QED) is 0.517. The second-order valence-corrected chi connectivity index (χ2v) is 7.81. The van der Waals surface area contributed by atoms with E-state index in [0.717, 1.165) is 35.1 Å². The van der Waals surface area contributed by atoms with Crippen molar-refractivity contribution in [3.05, 3.63) is 83.6 Å². The van der Waals surface area contributed by atoms with E-state index < -0.39 is 0 Å². The highest BCUT2D eigenvalue weighted by molar-refractivity contribution is 5.98. The molecule has 0 N–H and O–H groups in total. The van der Waals surface area contributed by atoms with Gasteiger partial charge in [0.2, 0.25) is 5.91 Å². The molecule has 4 aromatic rings. The fourth-order valence-electron chi connectivity index (χ4n) is 4.35. The molecule has 4 nitrogen and oxygen atoms in total. The summed E-state index contributed by atoms with van der Waals surface area (Å²) in [6, 6.07) is 20.9. The van der Waals surface area contributed by atoms with Crippen LogP contribution in [0.1, 0.15) is 16.7 Å². The number of benzene rings is 3. The lowest BCUT2D eigenvalue weighted by molar-refractivity contribution is -0.117. The largest absolute Gasteiger partial charge is 0.312 e. The number of hydrogen-bond acceptors (Lipinski definition) is 2. The van der Waals surface area contributed by atoms with Crippen molar-refractivity contribution in [2.45, 2.75) is 19.8 Å². The number of aromatic nitrogens is 2. The van der Waals surface area contributed by atoms with Gasteiger partial charge in [-0.2, -0.15) is 5.10 Å². The van der Waals surface area contributed by atoms with Gasteiger partial charge in [0.05, 0.1) is 18.1 Å². The fraction of sp³-hybridized carbons (Fsp3) is 0.200. The summed E-state index contributed by atoms with van der Waals surface area (Å²) in [5.41, 5.74) is 8.02. The monoisotopic (exact) mass is 381 g/mol. The topological polar surface area (TPSA) is 38.1 Å². The van der Waals surface area contributed by atoms with Crippen LogP contribution < -0.4 is 4.90 Å². The van der Waals surface area contributed by atoms with E-state index in [1.165, 1.54) is 22.3 Å². The van der Waals surface area contributed by atoms with E-state index in [9.17, 15) is 4.79 Å². The third kappa shape index (κ3) is 3.11. The number of aryl methyl sites for hydroxylation is 2. The predicted octanol–water partition coefficient (Wildman–Crippen LogP) is 4.68. The summed E-state index contributed by atoms with van der Waals surface area (Å²) in [7, 11) is 1.96. The highest BCUT2D eigenvalue weighted by Gasteiger charge is 2.25. The Kier molecular flexibility index (Phi) is 4.20. The van der Waals surface area contributed by atoms with Crippen LogP contribution >= 0.6 is 0 Å². The molecular weight excluding hydrogens is 358 g/mol. The first-order chi connectivity index (χ1) is 14.1. The molecule has 1 aliphatic rings. The molecule has 0 spiro atoms. The molecule has 0 fully saturated rings. The molecule has 0 aliphatic carbocycles. The van der Waals surface area contributed by atoms with E-state index in [1.807, 2.05) is 35.0 Å². The summed E-state index contributed by atoms with van der Waals surface area (Å²) in [4.78, 5) is 14.9. The molecule has 4 heteroatoms. The number of anilines is 1. The van der Waals surface area contributed by atoms with Crippen molar-refractivity contribution in [1.29, 1.82) is 0 Å². The van der Waals surface area contributed by atoms with Gasteiger partial charge < -0.3 is 4.90 Å². The zero-order valence-electron chi connectivity index (χ0n) is 16.7. The fourth-order valence-corrected chi connectivity index (χ4v) is 4.35. The van der Waals surface area contributed by atoms with E-state index >= 15 is 0 Å². The van der Waals surface area contributed by atoms with Gasteiger partial charge in [0.15, 0.2) is 0 Å². The van der Waals surface area contributed by atoms with Gasteiger partial charge in [-0.1, -0.05) is 48.0 Å². The molecule has 5 rings (SSSR count). The van der Waals surface area contributed by atoms with Crippen molar-refractivity contribution >= 4 is 22.5 Å². The maximum absolute atomic E-state index is 12.9. The van der Waals surface area contributed by atoms with Gasteiger partial charge in [-0.05, 0) is 53.8 Å². The molecule has 1 aromatic heterocycles. The van der Waals surface area contributed by atoms with Gasteiger partial charge in [-0.25, -0.2) is 0 Å². The van der Waals surface area contributed by atoms with Crippen LogP contribution in [0.3, 0.4) is 0 Å². The smallest absolute Gasteiger partial charge is 0.231 e. The lowest BCUT2D eigenvalue weighted by atomic mass is 9.99. The summed E-state index contributed by atoms with van der Waals surface area (Å²) < 4.78 is 1.90. The summed E-state index contributed by atoms with van der Waals surface area (Å²) in [6.45, 7) is 2.81. The van der Waals surface area contributed by atoms with Crippen molar-refractivity contribution in [3.8, 4) is 11.1 Å². The molecule has 0 radical (unpaired) electrons. The van der Waals surface area contributed by atoms with E-state index in [0.29, 0.717) is 6.42 Å². The van der Waals surface area contributed by atoms with Crippen LogP contribution in [0.15, 0.2) is 66.9 Å². The van der Waals surface area contributed by atoms with Gasteiger partial charge in [0, 0.05) is 24.7 Å². The van der Waals surface area contributed by atoms with Crippen molar-refractivity contribution < 1.29 is 4.79 Å². The first kappa shape index (κ1) is 17.7. The lowest BCUT2D eigenvalue weighted by Gasteiger charge is -2.18.